The van der Waals surface area contributed by atoms with Gasteiger partial charge in [-0.25, -0.2) is 4.79 Å². The van der Waals surface area contributed by atoms with Crippen molar-refractivity contribution in [1.29, 1.82) is 0 Å². The van der Waals surface area contributed by atoms with Crippen LogP contribution in [0.15, 0.2) is 22.7 Å². The normalized spacial score (nSPS) is 19.7. The first-order valence-electron chi connectivity index (χ1n) is 7.71. The van der Waals surface area contributed by atoms with Crippen molar-refractivity contribution in [1.82, 2.24) is 0 Å². The molecule has 0 atom stereocenters. The second kappa shape index (κ2) is 5.90. The van der Waals surface area contributed by atoms with Crippen LogP contribution in [0.2, 0.25) is 0 Å². The Labute approximate surface area is 147 Å². The summed E-state index contributed by atoms with van der Waals surface area (Å²) in [5.74, 6) is -0.380. The van der Waals surface area contributed by atoms with Crippen LogP contribution < -0.4 is 5.46 Å². The van der Waals surface area contributed by atoms with Crippen LogP contribution in [0.4, 0.5) is 0 Å². The minimum absolute atomic E-state index is 0.380. The van der Waals surface area contributed by atoms with Gasteiger partial charge in [-0.1, -0.05) is 15.9 Å². The second-order valence-corrected chi connectivity index (χ2v) is 8.74. The van der Waals surface area contributed by atoms with Gasteiger partial charge in [0.05, 0.1) is 16.8 Å². The van der Waals surface area contributed by atoms with E-state index in [9.17, 15) is 4.79 Å². The van der Waals surface area contributed by atoms with E-state index in [-0.39, 0.29) is 5.97 Å². The highest BCUT2D eigenvalue weighted by molar-refractivity contribution is 9.10. The lowest BCUT2D eigenvalue weighted by Crippen LogP contribution is -2.41. The number of carbonyl (C=O) groups excluding carboxylic acids is 1. The molecule has 6 heteroatoms. The molecule has 1 fully saturated rings. The molecule has 0 amide bonds. The Morgan fingerprint density at radius 2 is 1.65 bits per heavy atom. The summed E-state index contributed by atoms with van der Waals surface area (Å²) >= 11 is 3.45. The molecule has 1 heterocycles. The van der Waals surface area contributed by atoms with E-state index in [4.69, 9.17) is 14.0 Å². The molecule has 1 aliphatic heterocycles. The maximum absolute atomic E-state index is 12.5. The predicted molar refractivity (Wildman–Crippen MR) is 95.0 cm³/mol. The molecule has 0 unspecified atom stereocenters. The van der Waals surface area contributed by atoms with Gasteiger partial charge in [-0.15, -0.1) is 0 Å². The summed E-state index contributed by atoms with van der Waals surface area (Å²) in [6.45, 7) is 13.5. The zero-order valence-electron chi connectivity index (χ0n) is 14.8. The molecule has 2 rings (SSSR count). The third-order valence-electron chi connectivity index (χ3n) is 4.14. The van der Waals surface area contributed by atoms with Crippen molar-refractivity contribution >= 4 is 34.5 Å². The van der Waals surface area contributed by atoms with Crippen LogP contribution in [0.5, 0.6) is 0 Å². The van der Waals surface area contributed by atoms with Gasteiger partial charge in [-0.05, 0) is 72.1 Å². The second-order valence-electron chi connectivity index (χ2n) is 7.82. The van der Waals surface area contributed by atoms with Crippen molar-refractivity contribution in [3.63, 3.8) is 0 Å². The highest BCUT2D eigenvalue weighted by Gasteiger charge is 2.52. The van der Waals surface area contributed by atoms with E-state index in [0.29, 0.717) is 11.0 Å². The number of hydrogen-bond acceptors (Lipinski definition) is 4. The van der Waals surface area contributed by atoms with Crippen LogP contribution in [-0.2, 0) is 14.0 Å². The van der Waals surface area contributed by atoms with Crippen LogP contribution in [0.3, 0.4) is 0 Å². The lowest BCUT2D eigenvalue weighted by atomic mass is 9.76. The number of carbonyl (C=O) groups is 1. The molecule has 4 nitrogen and oxygen atoms in total. The van der Waals surface area contributed by atoms with Gasteiger partial charge in [0.25, 0.3) is 0 Å². The number of ether oxygens (including phenoxy) is 1. The van der Waals surface area contributed by atoms with Gasteiger partial charge in [0.15, 0.2) is 0 Å². The van der Waals surface area contributed by atoms with Gasteiger partial charge >= 0.3 is 13.1 Å². The molecule has 1 saturated heterocycles. The average Bonchev–Trinajstić information content (AvgIpc) is 2.56. The molecule has 0 saturated carbocycles. The van der Waals surface area contributed by atoms with E-state index < -0.39 is 23.9 Å². The maximum Gasteiger partial charge on any atom is 0.495 e. The van der Waals surface area contributed by atoms with Gasteiger partial charge in [0, 0.05) is 4.47 Å². The molecular formula is C17H24BBrO4. The molecule has 1 aliphatic rings. The predicted octanol–water partition coefficient (Wildman–Crippen LogP) is 3.70. The Hall–Kier alpha value is -0.845. The molecular weight excluding hydrogens is 359 g/mol. The summed E-state index contributed by atoms with van der Waals surface area (Å²) < 4.78 is 18.5. The van der Waals surface area contributed by atoms with Crippen molar-refractivity contribution in [2.24, 2.45) is 0 Å². The summed E-state index contributed by atoms with van der Waals surface area (Å²) in [6, 6.07) is 5.40. The first kappa shape index (κ1) is 18.5. The highest BCUT2D eigenvalue weighted by atomic mass is 79.9. The monoisotopic (exact) mass is 382 g/mol. The van der Waals surface area contributed by atoms with Crippen molar-refractivity contribution in [3.8, 4) is 0 Å². The lowest BCUT2D eigenvalue weighted by molar-refractivity contribution is 0.00578. The van der Waals surface area contributed by atoms with E-state index in [1.54, 1.807) is 6.07 Å². The quantitative estimate of drug-likeness (QED) is 0.577. The van der Waals surface area contributed by atoms with Crippen molar-refractivity contribution < 1.29 is 18.8 Å². The van der Waals surface area contributed by atoms with Crippen LogP contribution in [-0.4, -0.2) is 29.9 Å². The number of esters is 1. The molecule has 1 aromatic carbocycles. The summed E-state index contributed by atoms with van der Waals surface area (Å²) in [4.78, 5) is 12.5. The van der Waals surface area contributed by atoms with Gasteiger partial charge < -0.3 is 14.0 Å². The van der Waals surface area contributed by atoms with Crippen molar-refractivity contribution in [2.75, 3.05) is 0 Å². The molecule has 0 aliphatic carbocycles. The van der Waals surface area contributed by atoms with Crippen molar-refractivity contribution in [2.45, 2.75) is 65.3 Å². The van der Waals surface area contributed by atoms with E-state index in [1.165, 1.54) is 0 Å². The minimum Gasteiger partial charge on any atom is -0.456 e. The molecule has 1 aromatic rings. The molecule has 0 aromatic heterocycles. The third-order valence-corrected chi connectivity index (χ3v) is 4.63. The Kier molecular flexibility index (Phi) is 4.75. The summed E-state index contributed by atoms with van der Waals surface area (Å²) in [5.41, 5.74) is -0.359. The molecule has 126 valence electrons. The zero-order chi connectivity index (χ0) is 17.6. The standard InChI is InChI=1S/C17H24BBrO4/c1-15(2,3)21-14(20)12-9-8-11(19)10-13(12)18-22-16(4,5)17(6,7)23-18/h8-10H,1-7H3. The molecule has 0 spiro atoms. The number of benzene rings is 1. The van der Waals surface area contributed by atoms with E-state index in [1.807, 2.05) is 60.6 Å². The summed E-state index contributed by atoms with van der Waals surface area (Å²) in [5, 5.41) is 0. The number of rotatable bonds is 2. The zero-order valence-corrected chi connectivity index (χ0v) is 16.4. The van der Waals surface area contributed by atoms with Gasteiger partial charge in [-0.2, -0.15) is 0 Å². The number of hydrogen-bond donors (Lipinski definition) is 0. The Morgan fingerprint density at radius 3 is 2.13 bits per heavy atom. The summed E-state index contributed by atoms with van der Waals surface area (Å²) in [6.07, 6.45) is 0. The minimum atomic E-state index is -0.611. The average molecular weight is 383 g/mol. The molecule has 0 bridgehead atoms. The fourth-order valence-corrected chi connectivity index (χ4v) is 2.60. The smallest absolute Gasteiger partial charge is 0.456 e. The van der Waals surface area contributed by atoms with Gasteiger partial charge in [0.1, 0.15) is 5.60 Å². The largest absolute Gasteiger partial charge is 0.495 e. The van der Waals surface area contributed by atoms with Gasteiger partial charge in [-0.3, -0.25) is 0 Å². The van der Waals surface area contributed by atoms with E-state index >= 15 is 0 Å². The van der Waals surface area contributed by atoms with Crippen LogP contribution >= 0.6 is 15.9 Å². The number of halogens is 1. The SMILES string of the molecule is CC(C)(C)OC(=O)c1ccc(Br)cc1B1OC(C)(C)C(C)(C)O1. The first-order valence-corrected chi connectivity index (χ1v) is 8.50. The Balaban J connectivity index is 2.40. The van der Waals surface area contributed by atoms with E-state index in [2.05, 4.69) is 15.9 Å². The Bertz CT molecular complexity index is 604. The van der Waals surface area contributed by atoms with E-state index in [0.717, 1.165) is 4.47 Å². The molecule has 23 heavy (non-hydrogen) atoms. The summed E-state index contributed by atoms with van der Waals surface area (Å²) in [7, 11) is -0.611. The van der Waals surface area contributed by atoms with Crippen LogP contribution in [0.1, 0.15) is 58.8 Å². The highest BCUT2D eigenvalue weighted by Crippen LogP contribution is 2.37. The Morgan fingerprint density at radius 1 is 1.13 bits per heavy atom. The lowest BCUT2D eigenvalue weighted by Gasteiger charge is -2.32. The third kappa shape index (κ3) is 3.98. The maximum atomic E-state index is 12.5. The molecule has 0 N–H and O–H groups in total. The fraction of sp³-hybridized carbons (Fsp3) is 0.588. The van der Waals surface area contributed by atoms with Crippen LogP contribution in [0, 0.1) is 0 Å². The van der Waals surface area contributed by atoms with Crippen LogP contribution in [0.25, 0.3) is 0 Å². The topological polar surface area (TPSA) is 44.8 Å². The first-order chi connectivity index (χ1) is 10.3. The fourth-order valence-electron chi connectivity index (χ4n) is 2.22. The van der Waals surface area contributed by atoms with Crippen molar-refractivity contribution in [3.05, 3.63) is 28.2 Å². The molecule has 0 radical (unpaired) electrons. The van der Waals surface area contributed by atoms with Gasteiger partial charge in [0.2, 0.25) is 0 Å².